The SMILES string of the molecule is CCCCCc1sc2ccccc2c1C(=O)c1ccc(OCCN)cc1. The molecule has 0 aliphatic rings. The normalized spacial score (nSPS) is 11.0. The van der Waals surface area contributed by atoms with Gasteiger partial charge in [0.1, 0.15) is 12.4 Å². The molecule has 0 aliphatic heterocycles. The number of hydrogen-bond acceptors (Lipinski definition) is 4. The number of thiophene rings is 1. The van der Waals surface area contributed by atoms with Crippen LogP contribution in [0.5, 0.6) is 5.75 Å². The van der Waals surface area contributed by atoms with Gasteiger partial charge >= 0.3 is 0 Å². The van der Waals surface area contributed by atoms with E-state index in [9.17, 15) is 4.79 Å². The number of fused-ring (bicyclic) bond motifs is 1. The van der Waals surface area contributed by atoms with Gasteiger partial charge in [0.2, 0.25) is 0 Å². The van der Waals surface area contributed by atoms with E-state index in [0.717, 1.165) is 29.5 Å². The van der Waals surface area contributed by atoms with Crippen molar-refractivity contribution in [1.82, 2.24) is 0 Å². The van der Waals surface area contributed by atoms with Crippen molar-refractivity contribution in [3.8, 4) is 5.75 Å². The zero-order valence-electron chi connectivity index (χ0n) is 15.2. The maximum Gasteiger partial charge on any atom is 0.194 e. The number of unbranched alkanes of at least 4 members (excludes halogenated alkanes) is 2. The molecule has 3 aromatic rings. The van der Waals surface area contributed by atoms with E-state index in [-0.39, 0.29) is 5.78 Å². The minimum absolute atomic E-state index is 0.0966. The second kappa shape index (κ2) is 8.97. The molecular weight excluding hydrogens is 342 g/mol. The Hall–Kier alpha value is -2.17. The number of carbonyl (C=O) groups excluding carboxylic acids is 1. The first-order valence-corrected chi connectivity index (χ1v) is 10.0. The summed E-state index contributed by atoms with van der Waals surface area (Å²) in [4.78, 5) is 14.4. The summed E-state index contributed by atoms with van der Waals surface area (Å²) in [6.07, 6.45) is 4.45. The van der Waals surface area contributed by atoms with Crippen molar-refractivity contribution in [1.29, 1.82) is 0 Å². The molecule has 0 radical (unpaired) electrons. The summed E-state index contributed by atoms with van der Waals surface area (Å²) in [5.41, 5.74) is 7.03. The molecule has 0 saturated carbocycles. The Balaban J connectivity index is 1.92. The largest absolute Gasteiger partial charge is 0.492 e. The first-order chi connectivity index (χ1) is 12.7. The molecule has 0 amide bonds. The molecule has 1 aromatic heterocycles. The van der Waals surface area contributed by atoms with E-state index >= 15 is 0 Å². The van der Waals surface area contributed by atoms with Crippen molar-refractivity contribution in [2.45, 2.75) is 32.6 Å². The Morgan fingerprint density at radius 3 is 2.58 bits per heavy atom. The van der Waals surface area contributed by atoms with Gasteiger partial charge < -0.3 is 10.5 Å². The third-order valence-corrected chi connectivity index (χ3v) is 5.64. The summed E-state index contributed by atoms with van der Waals surface area (Å²) < 4.78 is 6.69. The van der Waals surface area contributed by atoms with Crippen LogP contribution in [0.25, 0.3) is 10.1 Å². The average molecular weight is 368 g/mol. The quantitative estimate of drug-likeness (QED) is 0.417. The fourth-order valence-electron chi connectivity index (χ4n) is 3.08. The molecule has 3 nitrogen and oxygen atoms in total. The summed E-state index contributed by atoms with van der Waals surface area (Å²) in [5, 5.41) is 1.07. The van der Waals surface area contributed by atoms with E-state index in [1.165, 1.54) is 22.4 Å². The van der Waals surface area contributed by atoms with Crippen LogP contribution in [0.2, 0.25) is 0 Å². The fourth-order valence-corrected chi connectivity index (χ4v) is 4.32. The first-order valence-electron chi connectivity index (χ1n) is 9.22. The van der Waals surface area contributed by atoms with Gasteiger partial charge in [-0.2, -0.15) is 0 Å². The number of ether oxygens (including phenoxy) is 1. The van der Waals surface area contributed by atoms with Crippen LogP contribution in [0.4, 0.5) is 0 Å². The van der Waals surface area contributed by atoms with Crippen molar-refractivity contribution < 1.29 is 9.53 Å². The van der Waals surface area contributed by atoms with Crippen LogP contribution in [0.15, 0.2) is 48.5 Å². The van der Waals surface area contributed by atoms with E-state index in [2.05, 4.69) is 19.1 Å². The number of nitrogens with two attached hydrogens (primary N) is 1. The Bertz CT molecular complexity index is 867. The Kier molecular flexibility index (Phi) is 6.42. The molecule has 3 rings (SSSR count). The highest BCUT2D eigenvalue weighted by Gasteiger charge is 2.19. The zero-order chi connectivity index (χ0) is 18.4. The predicted octanol–water partition coefficient (Wildman–Crippen LogP) is 5.20. The average Bonchev–Trinajstić information content (AvgIpc) is 3.04. The number of carbonyl (C=O) groups is 1. The highest BCUT2D eigenvalue weighted by atomic mass is 32.1. The molecule has 0 spiro atoms. The van der Waals surface area contributed by atoms with Gasteiger partial charge in [-0.15, -0.1) is 11.3 Å². The maximum absolute atomic E-state index is 13.2. The number of ketones is 1. The highest BCUT2D eigenvalue weighted by Crippen LogP contribution is 2.34. The van der Waals surface area contributed by atoms with Crippen LogP contribution in [0.3, 0.4) is 0 Å². The second-order valence-electron chi connectivity index (χ2n) is 6.34. The van der Waals surface area contributed by atoms with Gasteiger partial charge in [-0.05, 0) is 43.2 Å². The topological polar surface area (TPSA) is 52.3 Å². The predicted molar refractivity (Wildman–Crippen MR) is 109 cm³/mol. The van der Waals surface area contributed by atoms with Crippen molar-refractivity contribution in [2.24, 2.45) is 5.73 Å². The van der Waals surface area contributed by atoms with Crippen LogP contribution in [0.1, 0.15) is 47.0 Å². The molecule has 0 bridgehead atoms. The molecule has 0 unspecified atom stereocenters. The summed E-state index contributed by atoms with van der Waals surface area (Å²) >= 11 is 1.75. The van der Waals surface area contributed by atoms with Gasteiger partial charge in [-0.3, -0.25) is 4.79 Å². The zero-order valence-corrected chi connectivity index (χ0v) is 16.0. The van der Waals surface area contributed by atoms with Gasteiger partial charge in [0, 0.05) is 32.6 Å². The van der Waals surface area contributed by atoms with E-state index in [1.807, 2.05) is 36.4 Å². The molecular formula is C22H25NO2S. The minimum atomic E-state index is 0.0966. The van der Waals surface area contributed by atoms with E-state index in [4.69, 9.17) is 10.5 Å². The number of aryl methyl sites for hydroxylation is 1. The number of benzene rings is 2. The second-order valence-corrected chi connectivity index (χ2v) is 7.48. The number of hydrogen-bond donors (Lipinski definition) is 1. The van der Waals surface area contributed by atoms with E-state index in [0.29, 0.717) is 18.7 Å². The third kappa shape index (κ3) is 4.14. The standard InChI is InChI=1S/C22H25NO2S/c1-2-3-4-9-20-21(18-7-5-6-8-19(18)26-20)22(24)16-10-12-17(13-11-16)25-15-14-23/h5-8,10-13H,2-4,9,14-15,23H2,1H3. The molecule has 1 heterocycles. The molecule has 4 heteroatoms. The van der Waals surface area contributed by atoms with Gasteiger partial charge in [0.05, 0.1) is 0 Å². The Morgan fingerprint density at radius 2 is 1.85 bits per heavy atom. The summed E-state index contributed by atoms with van der Waals surface area (Å²) in [6, 6.07) is 15.6. The lowest BCUT2D eigenvalue weighted by Crippen LogP contribution is -2.10. The summed E-state index contributed by atoms with van der Waals surface area (Å²) in [5.74, 6) is 0.838. The minimum Gasteiger partial charge on any atom is -0.492 e. The molecule has 0 fully saturated rings. The smallest absolute Gasteiger partial charge is 0.194 e. The van der Waals surface area contributed by atoms with E-state index < -0.39 is 0 Å². The van der Waals surface area contributed by atoms with Crippen molar-refractivity contribution in [2.75, 3.05) is 13.2 Å². The monoisotopic (exact) mass is 367 g/mol. The molecule has 0 saturated heterocycles. The van der Waals surface area contributed by atoms with Crippen molar-refractivity contribution in [3.05, 3.63) is 64.5 Å². The summed E-state index contributed by atoms with van der Waals surface area (Å²) in [6.45, 7) is 3.15. The van der Waals surface area contributed by atoms with Crippen LogP contribution in [0, 0.1) is 0 Å². The first kappa shape index (κ1) is 18.6. The van der Waals surface area contributed by atoms with Crippen LogP contribution in [-0.2, 0) is 6.42 Å². The fraction of sp³-hybridized carbons (Fsp3) is 0.318. The van der Waals surface area contributed by atoms with E-state index in [1.54, 1.807) is 11.3 Å². The molecule has 26 heavy (non-hydrogen) atoms. The maximum atomic E-state index is 13.2. The van der Waals surface area contributed by atoms with Gasteiger partial charge in [-0.25, -0.2) is 0 Å². The molecule has 0 atom stereocenters. The van der Waals surface area contributed by atoms with Gasteiger partial charge in [0.15, 0.2) is 5.78 Å². The molecule has 2 aromatic carbocycles. The van der Waals surface area contributed by atoms with Gasteiger partial charge in [0.25, 0.3) is 0 Å². The lowest BCUT2D eigenvalue weighted by molar-refractivity contribution is 0.104. The van der Waals surface area contributed by atoms with Crippen molar-refractivity contribution in [3.63, 3.8) is 0 Å². The number of rotatable bonds is 9. The van der Waals surface area contributed by atoms with Gasteiger partial charge in [-0.1, -0.05) is 38.0 Å². The Labute approximate surface area is 158 Å². The molecule has 0 aliphatic carbocycles. The van der Waals surface area contributed by atoms with Crippen molar-refractivity contribution >= 4 is 27.2 Å². The molecule has 136 valence electrons. The van der Waals surface area contributed by atoms with Crippen LogP contribution in [-0.4, -0.2) is 18.9 Å². The highest BCUT2D eigenvalue weighted by molar-refractivity contribution is 7.19. The Morgan fingerprint density at radius 1 is 1.08 bits per heavy atom. The van der Waals surface area contributed by atoms with Crippen LogP contribution >= 0.6 is 11.3 Å². The summed E-state index contributed by atoms with van der Waals surface area (Å²) in [7, 11) is 0. The van der Waals surface area contributed by atoms with Crippen LogP contribution < -0.4 is 10.5 Å². The molecule has 2 N–H and O–H groups in total. The third-order valence-electron chi connectivity index (χ3n) is 4.41. The lowest BCUT2D eigenvalue weighted by atomic mass is 9.98. The lowest BCUT2D eigenvalue weighted by Gasteiger charge is -2.07.